The molecule has 1 aliphatic heterocycles. The largest absolute Gasteiger partial charge is 0.335 e. The maximum atomic E-state index is 13.6. The molecule has 7 heteroatoms. The van der Waals surface area contributed by atoms with E-state index >= 15 is 0 Å². The molecule has 0 spiro atoms. The van der Waals surface area contributed by atoms with Crippen LogP contribution in [0.5, 0.6) is 0 Å². The molecule has 0 radical (unpaired) electrons. The first-order chi connectivity index (χ1) is 17.4. The highest BCUT2D eigenvalue weighted by molar-refractivity contribution is 6.30. The Labute approximate surface area is 214 Å². The van der Waals surface area contributed by atoms with Crippen molar-refractivity contribution in [1.82, 2.24) is 14.4 Å². The number of aromatic nitrogens is 1. The number of piperazine rings is 1. The number of para-hydroxylation sites is 1. The van der Waals surface area contributed by atoms with Crippen LogP contribution in [0.3, 0.4) is 0 Å². The minimum atomic E-state index is -0.377. The van der Waals surface area contributed by atoms with E-state index in [-0.39, 0.29) is 17.6 Å². The second-order valence-corrected chi connectivity index (χ2v) is 9.23. The van der Waals surface area contributed by atoms with Gasteiger partial charge in [0.05, 0.1) is 11.3 Å². The van der Waals surface area contributed by atoms with Gasteiger partial charge in [-0.2, -0.15) is 0 Å². The Morgan fingerprint density at radius 1 is 0.778 bits per heavy atom. The molecule has 1 fully saturated rings. The number of halogens is 2. The van der Waals surface area contributed by atoms with Crippen LogP contribution in [0, 0.1) is 12.7 Å². The molecule has 1 saturated heterocycles. The Kier molecular flexibility index (Phi) is 6.61. The van der Waals surface area contributed by atoms with Gasteiger partial charge in [-0.15, -0.1) is 0 Å². The van der Waals surface area contributed by atoms with Crippen LogP contribution >= 0.6 is 11.6 Å². The average Bonchev–Trinajstić information content (AvgIpc) is 3.26. The molecule has 3 aromatic carbocycles. The van der Waals surface area contributed by atoms with E-state index in [0.29, 0.717) is 42.3 Å². The van der Waals surface area contributed by atoms with Gasteiger partial charge in [0.15, 0.2) is 0 Å². The molecule has 0 unspecified atom stereocenters. The topological polar surface area (TPSA) is 45.6 Å². The van der Waals surface area contributed by atoms with Crippen LogP contribution in [0.4, 0.5) is 4.39 Å². The summed E-state index contributed by atoms with van der Waals surface area (Å²) in [6.07, 6.45) is 0. The second-order valence-electron chi connectivity index (χ2n) is 8.80. The highest BCUT2D eigenvalue weighted by Gasteiger charge is 2.28. The summed E-state index contributed by atoms with van der Waals surface area (Å²) in [5.41, 5.74) is 4.75. The third-order valence-corrected chi connectivity index (χ3v) is 6.83. The van der Waals surface area contributed by atoms with Crippen molar-refractivity contribution in [3.05, 3.63) is 113 Å². The molecule has 0 aliphatic carbocycles. The quantitative estimate of drug-likeness (QED) is 0.352. The summed E-state index contributed by atoms with van der Waals surface area (Å²) < 4.78 is 15.3. The number of nitrogens with zero attached hydrogens (tertiary/aromatic N) is 3. The van der Waals surface area contributed by atoms with Crippen molar-refractivity contribution in [2.24, 2.45) is 0 Å². The fourth-order valence-corrected chi connectivity index (χ4v) is 4.75. The molecule has 0 N–H and O–H groups in total. The highest BCUT2D eigenvalue weighted by atomic mass is 35.5. The van der Waals surface area contributed by atoms with Crippen LogP contribution in [-0.2, 0) is 0 Å². The van der Waals surface area contributed by atoms with Gasteiger partial charge < -0.3 is 14.4 Å². The van der Waals surface area contributed by atoms with Crippen LogP contribution in [0.25, 0.3) is 16.9 Å². The van der Waals surface area contributed by atoms with E-state index in [0.717, 1.165) is 22.6 Å². The lowest BCUT2D eigenvalue weighted by Gasteiger charge is -2.34. The maximum absolute atomic E-state index is 13.6. The number of benzene rings is 3. The molecule has 5 nitrogen and oxygen atoms in total. The second kappa shape index (κ2) is 9.99. The van der Waals surface area contributed by atoms with Crippen LogP contribution < -0.4 is 0 Å². The number of hydrogen-bond donors (Lipinski definition) is 0. The lowest BCUT2D eigenvalue weighted by atomic mass is 10.1. The third kappa shape index (κ3) is 4.64. The van der Waals surface area contributed by atoms with Gasteiger partial charge in [0.2, 0.25) is 0 Å². The molecule has 5 rings (SSSR count). The van der Waals surface area contributed by atoms with E-state index in [2.05, 4.69) is 4.57 Å². The molecule has 182 valence electrons. The first kappa shape index (κ1) is 23.8. The number of rotatable bonds is 4. The summed E-state index contributed by atoms with van der Waals surface area (Å²) in [5.74, 6) is -0.595. The van der Waals surface area contributed by atoms with Gasteiger partial charge in [0.25, 0.3) is 11.8 Å². The van der Waals surface area contributed by atoms with E-state index in [1.165, 1.54) is 24.3 Å². The van der Waals surface area contributed by atoms with Crippen molar-refractivity contribution in [2.75, 3.05) is 26.2 Å². The van der Waals surface area contributed by atoms with E-state index in [4.69, 9.17) is 11.6 Å². The first-order valence-electron chi connectivity index (χ1n) is 11.8. The van der Waals surface area contributed by atoms with Crippen molar-refractivity contribution in [2.45, 2.75) is 6.92 Å². The van der Waals surface area contributed by atoms with Crippen molar-refractivity contribution in [3.63, 3.8) is 0 Å². The predicted octanol–water partition coefficient (Wildman–Crippen LogP) is 5.84. The lowest BCUT2D eigenvalue weighted by Crippen LogP contribution is -2.50. The van der Waals surface area contributed by atoms with Crippen molar-refractivity contribution in [3.8, 4) is 16.9 Å². The molecule has 0 saturated carbocycles. The molecular formula is C29H25ClFN3O2. The summed E-state index contributed by atoms with van der Waals surface area (Å²) in [7, 11) is 0. The molecule has 36 heavy (non-hydrogen) atoms. The minimum absolute atomic E-state index is 0.0636. The molecule has 2 heterocycles. The molecule has 0 bridgehead atoms. The Bertz CT molecular complexity index is 1390. The normalized spacial score (nSPS) is 13.6. The van der Waals surface area contributed by atoms with Gasteiger partial charge in [-0.3, -0.25) is 9.59 Å². The summed E-state index contributed by atoms with van der Waals surface area (Å²) >= 11 is 6.11. The van der Waals surface area contributed by atoms with E-state index in [9.17, 15) is 14.0 Å². The van der Waals surface area contributed by atoms with Gasteiger partial charge >= 0.3 is 0 Å². The minimum Gasteiger partial charge on any atom is -0.335 e. The Hall–Kier alpha value is -3.90. The van der Waals surface area contributed by atoms with E-state index in [1.807, 2.05) is 67.6 Å². The van der Waals surface area contributed by atoms with Crippen LogP contribution in [0.1, 0.15) is 26.4 Å². The number of carbonyl (C=O) groups excluding carboxylic acids is 2. The first-order valence-corrected chi connectivity index (χ1v) is 12.2. The molecule has 1 aromatic heterocycles. The van der Waals surface area contributed by atoms with Crippen molar-refractivity contribution >= 4 is 23.4 Å². The zero-order valence-corrected chi connectivity index (χ0v) is 20.6. The highest BCUT2D eigenvalue weighted by Crippen LogP contribution is 2.31. The standard InChI is InChI=1S/C29H25ClFN3O2/c1-20-26(19-27(21-7-11-23(30)12-8-21)34(20)25-5-3-2-4-6-25)29(36)33-17-15-32(16-18-33)28(35)22-9-13-24(31)14-10-22/h2-14,19H,15-18H2,1H3. The molecule has 1 aliphatic rings. The maximum Gasteiger partial charge on any atom is 0.255 e. The van der Waals surface area contributed by atoms with Crippen molar-refractivity contribution in [1.29, 1.82) is 0 Å². The fraction of sp³-hybridized carbons (Fsp3) is 0.172. The Morgan fingerprint density at radius 3 is 1.97 bits per heavy atom. The smallest absolute Gasteiger partial charge is 0.255 e. The van der Waals surface area contributed by atoms with Crippen LogP contribution in [0.15, 0.2) is 84.9 Å². The summed E-state index contributed by atoms with van der Waals surface area (Å²) in [5, 5.41) is 0.651. The van der Waals surface area contributed by atoms with Gasteiger partial charge in [-0.25, -0.2) is 4.39 Å². The Balaban J connectivity index is 1.40. The summed E-state index contributed by atoms with van der Waals surface area (Å²) in [4.78, 5) is 29.9. The van der Waals surface area contributed by atoms with Crippen LogP contribution in [0.2, 0.25) is 5.02 Å². The molecule has 4 aromatic rings. The fourth-order valence-electron chi connectivity index (χ4n) is 4.62. The van der Waals surface area contributed by atoms with Crippen molar-refractivity contribution < 1.29 is 14.0 Å². The monoisotopic (exact) mass is 501 g/mol. The SMILES string of the molecule is Cc1c(C(=O)N2CCN(C(=O)c3ccc(F)cc3)CC2)cc(-c2ccc(Cl)cc2)n1-c1ccccc1. The average molecular weight is 502 g/mol. The van der Waals surface area contributed by atoms with E-state index in [1.54, 1.807) is 9.80 Å². The lowest BCUT2D eigenvalue weighted by molar-refractivity contribution is 0.0535. The Morgan fingerprint density at radius 2 is 1.36 bits per heavy atom. The number of carbonyl (C=O) groups is 2. The number of hydrogen-bond acceptors (Lipinski definition) is 2. The summed E-state index contributed by atoms with van der Waals surface area (Å²) in [6.45, 7) is 3.65. The predicted molar refractivity (Wildman–Crippen MR) is 139 cm³/mol. The molecule has 0 atom stereocenters. The molecule has 2 amide bonds. The molecular weight excluding hydrogens is 477 g/mol. The third-order valence-electron chi connectivity index (χ3n) is 6.58. The van der Waals surface area contributed by atoms with E-state index < -0.39 is 0 Å². The van der Waals surface area contributed by atoms with Gasteiger partial charge in [-0.1, -0.05) is 41.9 Å². The number of amides is 2. The van der Waals surface area contributed by atoms with Crippen LogP contribution in [-0.4, -0.2) is 52.4 Å². The summed E-state index contributed by atoms with van der Waals surface area (Å²) in [6, 6.07) is 25.0. The van der Waals surface area contributed by atoms with Gasteiger partial charge in [0.1, 0.15) is 5.82 Å². The zero-order valence-electron chi connectivity index (χ0n) is 19.8. The van der Waals surface area contributed by atoms with Gasteiger partial charge in [0, 0.05) is 48.1 Å². The van der Waals surface area contributed by atoms with Gasteiger partial charge in [-0.05, 0) is 67.1 Å². The zero-order chi connectivity index (χ0) is 25.2.